The lowest BCUT2D eigenvalue weighted by Crippen LogP contribution is -2.25. The van der Waals surface area contributed by atoms with E-state index in [1.54, 1.807) is 0 Å². The minimum absolute atomic E-state index is 0.511. The predicted molar refractivity (Wildman–Crippen MR) is 82.5 cm³/mol. The highest BCUT2D eigenvalue weighted by atomic mass is 15.3. The van der Waals surface area contributed by atoms with E-state index in [0.29, 0.717) is 6.04 Å². The Hall–Kier alpha value is -0.830. The van der Waals surface area contributed by atoms with Crippen molar-refractivity contribution in [3.8, 4) is 0 Å². The van der Waals surface area contributed by atoms with Gasteiger partial charge in [0.05, 0.1) is 5.69 Å². The van der Waals surface area contributed by atoms with Gasteiger partial charge in [-0.2, -0.15) is 5.10 Å². The van der Waals surface area contributed by atoms with E-state index in [1.807, 2.05) is 0 Å². The molecule has 0 aliphatic heterocycles. The van der Waals surface area contributed by atoms with Gasteiger partial charge in [0.2, 0.25) is 0 Å². The fourth-order valence-electron chi connectivity index (χ4n) is 2.38. The number of hydrogen-bond donors (Lipinski definition) is 1. The first-order valence-electron chi connectivity index (χ1n) is 7.95. The molecule has 1 heterocycles. The van der Waals surface area contributed by atoms with Crippen molar-refractivity contribution in [2.75, 3.05) is 13.1 Å². The number of nitrogens with one attached hydrogen (secondary N) is 1. The maximum absolute atomic E-state index is 4.72. The highest BCUT2D eigenvalue weighted by Crippen LogP contribution is 2.15. The summed E-state index contributed by atoms with van der Waals surface area (Å²) in [6.45, 7) is 11.2. The van der Waals surface area contributed by atoms with Gasteiger partial charge in [-0.15, -0.1) is 0 Å². The minimum Gasteiger partial charge on any atom is -0.316 e. The Balaban J connectivity index is 2.50. The summed E-state index contributed by atoms with van der Waals surface area (Å²) in [6.07, 6.45) is 8.12. The highest BCUT2D eigenvalue weighted by molar-refractivity contribution is 5.01. The molecule has 0 spiro atoms. The second-order valence-corrected chi connectivity index (χ2v) is 5.61. The van der Waals surface area contributed by atoms with Crippen molar-refractivity contribution in [2.24, 2.45) is 5.92 Å². The van der Waals surface area contributed by atoms with E-state index in [-0.39, 0.29) is 0 Å². The van der Waals surface area contributed by atoms with E-state index in [2.05, 4.69) is 50.0 Å². The Morgan fingerprint density at radius 1 is 1.26 bits per heavy atom. The van der Waals surface area contributed by atoms with E-state index >= 15 is 0 Å². The zero-order valence-electron chi connectivity index (χ0n) is 13.2. The summed E-state index contributed by atoms with van der Waals surface area (Å²) in [7, 11) is 0. The van der Waals surface area contributed by atoms with Crippen molar-refractivity contribution in [1.82, 2.24) is 15.1 Å². The predicted octanol–water partition coefficient (Wildman–Crippen LogP) is 3.81. The Labute approximate surface area is 118 Å². The standard InChI is InChI=1S/C16H31N3/c1-5-8-15(13-17-10-6-2)12-16-9-11-19(18-16)14(4)7-3/h9,11,14-15,17H,5-8,10,12-13H2,1-4H3. The molecule has 0 fully saturated rings. The van der Waals surface area contributed by atoms with E-state index in [0.717, 1.165) is 31.8 Å². The van der Waals surface area contributed by atoms with E-state index in [1.165, 1.54) is 25.0 Å². The van der Waals surface area contributed by atoms with Crippen LogP contribution in [0.3, 0.4) is 0 Å². The van der Waals surface area contributed by atoms with Crippen molar-refractivity contribution >= 4 is 0 Å². The maximum Gasteiger partial charge on any atom is 0.0627 e. The number of rotatable bonds is 10. The van der Waals surface area contributed by atoms with Crippen molar-refractivity contribution in [3.05, 3.63) is 18.0 Å². The molecule has 19 heavy (non-hydrogen) atoms. The lowest BCUT2D eigenvalue weighted by Gasteiger charge is -2.15. The highest BCUT2D eigenvalue weighted by Gasteiger charge is 2.11. The number of hydrogen-bond acceptors (Lipinski definition) is 2. The van der Waals surface area contributed by atoms with Gasteiger partial charge in [0.1, 0.15) is 0 Å². The minimum atomic E-state index is 0.511. The normalized spacial score (nSPS) is 14.5. The molecule has 0 radical (unpaired) electrons. The van der Waals surface area contributed by atoms with Gasteiger partial charge in [0.25, 0.3) is 0 Å². The third-order valence-electron chi connectivity index (χ3n) is 3.76. The summed E-state index contributed by atoms with van der Waals surface area (Å²) < 4.78 is 2.11. The van der Waals surface area contributed by atoms with Gasteiger partial charge >= 0.3 is 0 Å². The third-order valence-corrected chi connectivity index (χ3v) is 3.76. The van der Waals surface area contributed by atoms with Crippen LogP contribution < -0.4 is 5.32 Å². The van der Waals surface area contributed by atoms with Crippen LogP contribution in [-0.2, 0) is 6.42 Å². The Morgan fingerprint density at radius 2 is 2.05 bits per heavy atom. The summed E-state index contributed by atoms with van der Waals surface area (Å²) in [5, 5.41) is 8.27. The fraction of sp³-hybridized carbons (Fsp3) is 0.812. The van der Waals surface area contributed by atoms with Gasteiger partial charge in [-0.25, -0.2) is 0 Å². The molecule has 1 aromatic heterocycles. The molecule has 1 N–H and O–H groups in total. The smallest absolute Gasteiger partial charge is 0.0627 e. The molecule has 0 saturated carbocycles. The molecule has 1 aromatic rings. The zero-order chi connectivity index (χ0) is 14.1. The van der Waals surface area contributed by atoms with Crippen LogP contribution in [0.4, 0.5) is 0 Å². The van der Waals surface area contributed by atoms with E-state index < -0.39 is 0 Å². The van der Waals surface area contributed by atoms with Crippen LogP contribution in [0, 0.1) is 5.92 Å². The lowest BCUT2D eigenvalue weighted by molar-refractivity contribution is 0.425. The first-order valence-corrected chi connectivity index (χ1v) is 7.95. The molecule has 0 aromatic carbocycles. The monoisotopic (exact) mass is 265 g/mol. The molecule has 0 aliphatic rings. The topological polar surface area (TPSA) is 29.9 Å². The molecular formula is C16H31N3. The first-order chi connectivity index (χ1) is 9.21. The van der Waals surface area contributed by atoms with Gasteiger partial charge in [-0.05, 0) is 57.7 Å². The number of aromatic nitrogens is 2. The zero-order valence-corrected chi connectivity index (χ0v) is 13.2. The van der Waals surface area contributed by atoms with Gasteiger partial charge in [0.15, 0.2) is 0 Å². The molecule has 110 valence electrons. The first kappa shape index (κ1) is 16.2. The molecular weight excluding hydrogens is 234 g/mol. The molecule has 3 nitrogen and oxygen atoms in total. The molecule has 1 rings (SSSR count). The van der Waals surface area contributed by atoms with Crippen LogP contribution in [0.15, 0.2) is 12.3 Å². The van der Waals surface area contributed by atoms with Crippen LogP contribution >= 0.6 is 0 Å². The summed E-state index contributed by atoms with van der Waals surface area (Å²) >= 11 is 0. The average Bonchev–Trinajstić information content (AvgIpc) is 2.87. The van der Waals surface area contributed by atoms with Gasteiger partial charge in [0, 0.05) is 12.2 Å². The Kier molecular flexibility index (Phi) is 7.80. The van der Waals surface area contributed by atoms with Crippen LogP contribution in [0.1, 0.15) is 65.1 Å². The molecule has 2 atom stereocenters. The molecule has 0 aliphatic carbocycles. The molecule has 0 saturated heterocycles. The molecule has 3 heteroatoms. The Bertz CT molecular complexity index is 332. The third kappa shape index (κ3) is 5.77. The van der Waals surface area contributed by atoms with E-state index in [4.69, 9.17) is 5.10 Å². The van der Waals surface area contributed by atoms with Gasteiger partial charge < -0.3 is 5.32 Å². The SMILES string of the molecule is CCCNCC(CCC)Cc1ccn(C(C)CC)n1. The summed E-state index contributed by atoms with van der Waals surface area (Å²) in [5.74, 6) is 0.719. The fourth-order valence-corrected chi connectivity index (χ4v) is 2.38. The summed E-state index contributed by atoms with van der Waals surface area (Å²) in [5.41, 5.74) is 1.25. The van der Waals surface area contributed by atoms with Crippen molar-refractivity contribution in [1.29, 1.82) is 0 Å². The van der Waals surface area contributed by atoms with Crippen LogP contribution in [0.25, 0.3) is 0 Å². The molecule has 2 unspecified atom stereocenters. The second-order valence-electron chi connectivity index (χ2n) is 5.61. The Morgan fingerprint density at radius 3 is 2.68 bits per heavy atom. The number of nitrogens with zero attached hydrogens (tertiary/aromatic N) is 2. The van der Waals surface area contributed by atoms with Crippen LogP contribution in [0.5, 0.6) is 0 Å². The van der Waals surface area contributed by atoms with Crippen molar-refractivity contribution in [3.63, 3.8) is 0 Å². The summed E-state index contributed by atoms with van der Waals surface area (Å²) in [4.78, 5) is 0. The maximum atomic E-state index is 4.72. The lowest BCUT2D eigenvalue weighted by atomic mass is 9.98. The van der Waals surface area contributed by atoms with Crippen molar-refractivity contribution < 1.29 is 0 Å². The molecule has 0 amide bonds. The van der Waals surface area contributed by atoms with Gasteiger partial charge in [-0.3, -0.25) is 4.68 Å². The second kappa shape index (κ2) is 9.13. The van der Waals surface area contributed by atoms with E-state index in [9.17, 15) is 0 Å². The summed E-state index contributed by atoms with van der Waals surface area (Å²) in [6, 6.07) is 2.70. The largest absolute Gasteiger partial charge is 0.316 e. The van der Waals surface area contributed by atoms with Gasteiger partial charge in [-0.1, -0.05) is 27.2 Å². The van der Waals surface area contributed by atoms with Crippen LogP contribution in [0.2, 0.25) is 0 Å². The van der Waals surface area contributed by atoms with Crippen LogP contribution in [-0.4, -0.2) is 22.9 Å². The average molecular weight is 265 g/mol. The van der Waals surface area contributed by atoms with Crippen molar-refractivity contribution in [2.45, 2.75) is 65.8 Å². The molecule has 0 bridgehead atoms. The quantitative estimate of drug-likeness (QED) is 0.652.